The van der Waals surface area contributed by atoms with Gasteiger partial charge in [0.05, 0.1) is 7.11 Å². The number of carbonyl (C=O) groups is 1. The molecule has 1 N–H and O–H groups in total. The van der Waals surface area contributed by atoms with Gasteiger partial charge in [-0.3, -0.25) is 4.79 Å². The first kappa shape index (κ1) is 13.4. The van der Waals surface area contributed by atoms with Crippen LogP contribution in [-0.2, 0) is 11.3 Å². The minimum absolute atomic E-state index is 0.309. The Morgan fingerprint density at radius 3 is 2.85 bits per heavy atom. The van der Waals surface area contributed by atoms with E-state index in [-0.39, 0.29) is 0 Å². The summed E-state index contributed by atoms with van der Waals surface area (Å²) < 4.78 is 5.18. The summed E-state index contributed by atoms with van der Waals surface area (Å²) in [5.74, 6) is 1.79. The van der Waals surface area contributed by atoms with E-state index in [0.717, 1.165) is 38.2 Å². The summed E-state index contributed by atoms with van der Waals surface area (Å²) in [6.45, 7) is 2.80. The molecule has 0 aromatic heterocycles. The van der Waals surface area contributed by atoms with E-state index in [4.69, 9.17) is 4.74 Å². The molecule has 0 radical (unpaired) electrons. The normalized spacial score (nSPS) is 26.2. The summed E-state index contributed by atoms with van der Waals surface area (Å²) >= 11 is 0. The standard InChI is InChI=1S/C16H22N2O2/c1-20-14-5-2-12(3-6-14)11-18-15-8-9-17-10-13(15)4-7-16(18)19/h2-3,5-6,13,15,17H,4,7-11H2,1H3/t13-,15+/m1/s1. The van der Waals surface area contributed by atoms with Gasteiger partial charge in [0.2, 0.25) is 5.91 Å². The summed E-state index contributed by atoms with van der Waals surface area (Å²) in [7, 11) is 1.67. The summed E-state index contributed by atoms with van der Waals surface area (Å²) in [5, 5.41) is 3.44. The fourth-order valence-electron chi connectivity index (χ4n) is 3.38. The van der Waals surface area contributed by atoms with Crippen molar-refractivity contribution in [2.24, 2.45) is 5.92 Å². The lowest BCUT2D eigenvalue weighted by Crippen LogP contribution is -2.54. The zero-order valence-corrected chi connectivity index (χ0v) is 12.0. The maximum absolute atomic E-state index is 12.3. The fourth-order valence-corrected chi connectivity index (χ4v) is 3.38. The predicted molar refractivity (Wildman–Crippen MR) is 77.5 cm³/mol. The van der Waals surface area contributed by atoms with Gasteiger partial charge in [-0.05, 0) is 49.5 Å². The molecule has 2 aliphatic heterocycles. The third kappa shape index (κ3) is 2.66. The van der Waals surface area contributed by atoms with Crippen LogP contribution < -0.4 is 10.1 Å². The van der Waals surface area contributed by atoms with Gasteiger partial charge in [0, 0.05) is 19.0 Å². The van der Waals surface area contributed by atoms with Gasteiger partial charge in [0.1, 0.15) is 5.75 Å². The summed E-state index contributed by atoms with van der Waals surface area (Å²) in [6.07, 6.45) is 2.81. The van der Waals surface area contributed by atoms with Crippen LogP contribution in [0.25, 0.3) is 0 Å². The minimum atomic E-state index is 0.309. The quantitative estimate of drug-likeness (QED) is 0.914. The highest BCUT2D eigenvalue weighted by Crippen LogP contribution is 2.30. The largest absolute Gasteiger partial charge is 0.497 e. The van der Waals surface area contributed by atoms with Crippen LogP contribution in [0, 0.1) is 5.92 Å². The number of nitrogens with one attached hydrogen (secondary N) is 1. The van der Waals surface area contributed by atoms with Crippen molar-refractivity contribution in [1.29, 1.82) is 0 Å². The molecule has 0 bridgehead atoms. The van der Waals surface area contributed by atoms with Gasteiger partial charge in [-0.15, -0.1) is 0 Å². The zero-order valence-electron chi connectivity index (χ0n) is 12.0. The number of methoxy groups -OCH3 is 1. The van der Waals surface area contributed by atoms with Gasteiger partial charge in [0.15, 0.2) is 0 Å². The predicted octanol–water partition coefficient (Wildman–Crippen LogP) is 1.80. The molecular weight excluding hydrogens is 252 g/mol. The van der Waals surface area contributed by atoms with E-state index in [2.05, 4.69) is 22.3 Å². The molecule has 4 nitrogen and oxygen atoms in total. The molecule has 2 saturated heterocycles. The Hall–Kier alpha value is -1.55. The summed E-state index contributed by atoms with van der Waals surface area (Å²) in [5.41, 5.74) is 1.18. The molecule has 0 unspecified atom stereocenters. The molecule has 0 aliphatic carbocycles. The highest BCUT2D eigenvalue weighted by Gasteiger charge is 2.36. The topological polar surface area (TPSA) is 41.6 Å². The van der Waals surface area contributed by atoms with E-state index in [0.29, 0.717) is 24.3 Å². The molecule has 1 aromatic carbocycles. The molecule has 2 aliphatic rings. The van der Waals surface area contributed by atoms with E-state index < -0.39 is 0 Å². The van der Waals surface area contributed by atoms with Crippen molar-refractivity contribution in [1.82, 2.24) is 10.2 Å². The first-order valence-electron chi connectivity index (χ1n) is 7.41. The van der Waals surface area contributed by atoms with E-state index in [9.17, 15) is 4.79 Å². The first-order valence-corrected chi connectivity index (χ1v) is 7.41. The van der Waals surface area contributed by atoms with Crippen LogP contribution in [0.4, 0.5) is 0 Å². The molecule has 2 atom stereocenters. The van der Waals surface area contributed by atoms with Crippen molar-refractivity contribution in [2.75, 3.05) is 20.2 Å². The highest BCUT2D eigenvalue weighted by atomic mass is 16.5. The van der Waals surface area contributed by atoms with Gasteiger partial charge in [-0.25, -0.2) is 0 Å². The van der Waals surface area contributed by atoms with Crippen molar-refractivity contribution in [3.63, 3.8) is 0 Å². The second-order valence-corrected chi connectivity index (χ2v) is 5.73. The summed E-state index contributed by atoms with van der Waals surface area (Å²) in [4.78, 5) is 14.4. The van der Waals surface area contributed by atoms with Crippen LogP contribution >= 0.6 is 0 Å². The molecular formula is C16H22N2O2. The molecule has 2 heterocycles. The molecule has 1 amide bonds. The Bertz CT molecular complexity index is 472. The van der Waals surface area contributed by atoms with Crippen LogP contribution in [0.1, 0.15) is 24.8 Å². The number of hydrogen-bond acceptors (Lipinski definition) is 3. The second-order valence-electron chi connectivity index (χ2n) is 5.73. The minimum Gasteiger partial charge on any atom is -0.497 e. The van der Waals surface area contributed by atoms with Gasteiger partial charge >= 0.3 is 0 Å². The Balaban J connectivity index is 1.74. The van der Waals surface area contributed by atoms with Crippen LogP contribution in [0.2, 0.25) is 0 Å². The number of rotatable bonds is 3. The monoisotopic (exact) mass is 274 g/mol. The van der Waals surface area contributed by atoms with Crippen molar-refractivity contribution in [3.8, 4) is 5.75 Å². The molecule has 2 fully saturated rings. The number of piperidine rings is 2. The maximum atomic E-state index is 12.3. The molecule has 4 heteroatoms. The highest BCUT2D eigenvalue weighted by molar-refractivity contribution is 5.77. The van der Waals surface area contributed by atoms with Crippen LogP contribution in [0.3, 0.4) is 0 Å². The Labute approximate surface area is 120 Å². The van der Waals surface area contributed by atoms with E-state index >= 15 is 0 Å². The number of carbonyl (C=O) groups excluding carboxylic acids is 1. The van der Waals surface area contributed by atoms with Gasteiger partial charge in [0.25, 0.3) is 0 Å². The maximum Gasteiger partial charge on any atom is 0.223 e. The smallest absolute Gasteiger partial charge is 0.223 e. The fraction of sp³-hybridized carbons (Fsp3) is 0.562. The number of likely N-dealkylation sites (tertiary alicyclic amines) is 1. The zero-order chi connectivity index (χ0) is 13.9. The van der Waals surface area contributed by atoms with Crippen molar-refractivity contribution < 1.29 is 9.53 Å². The molecule has 0 spiro atoms. The first-order chi connectivity index (χ1) is 9.78. The average molecular weight is 274 g/mol. The number of amides is 1. The Kier molecular flexibility index (Phi) is 3.92. The lowest BCUT2D eigenvalue weighted by molar-refractivity contribution is -0.140. The molecule has 108 valence electrons. The average Bonchev–Trinajstić information content (AvgIpc) is 2.51. The molecule has 1 aromatic rings. The van der Waals surface area contributed by atoms with Crippen LogP contribution in [0.5, 0.6) is 5.75 Å². The third-order valence-electron chi connectivity index (χ3n) is 4.53. The molecule has 3 rings (SSSR count). The van der Waals surface area contributed by atoms with Crippen molar-refractivity contribution in [3.05, 3.63) is 29.8 Å². The third-order valence-corrected chi connectivity index (χ3v) is 4.53. The van der Waals surface area contributed by atoms with E-state index in [1.54, 1.807) is 7.11 Å². The number of fused-ring (bicyclic) bond motifs is 1. The summed E-state index contributed by atoms with van der Waals surface area (Å²) in [6, 6.07) is 8.45. The lowest BCUT2D eigenvalue weighted by Gasteiger charge is -2.44. The molecule has 0 saturated carbocycles. The number of nitrogens with zero attached hydrogens (tertiary/aromatic N) is 1. The Morgan fingerprint density at radius 1 is 1.30 bits per heavy atom. The number of hydrogen-bond donors (Lipinski definition) is 1. The number of benzene rings is 1. The second kappa shape index (κ2) is 5.83. The van der Waals surface area contributed by atoms with Gasteiger partial charge < -0.3 is 15.0 Å². The van der Waals surface area contributed by atoms with Gasteiger partial charge in [-0.2, -0.15) is 0 Å². The van der Waals surface area contributed by atoms with E-state index in [1.165, 1.54) is 5.56 Å². The van der Waals surface area contributed by atoms with Crippen molar-refractivity contribution in [2.45, 2.75) is 31.8 Å². The Morgan fingerprint density at radius 2 is 2.10 bits per heavy atom. The molecule has 20 heavy (non-hydrogen) atoms. The lowest BCUT2D eigenvalue weighted by atomic mass is 9.84. The van der Waals surface area contributed by atoms with E-state index in [1.807, 2.05) is 12.1 Å². The van der Waals surface area contributed by atoms with Crippen LogP contribution in [-0.4, -0.2) is 37.0 Å². The SMILES string of the molecule is COc1ccc(CN2C(=O)CC[C@@H]3CNCC[C@@H]32)cc1. The number of ether oxygens (including phenoxy) is 1. The van der Waals surface area contributed by atoms with Crippen molar-refractivity contribution >= 4 is 5.91 Å². The van der Waals surface area contributed by atoms with Gasteiger partial charge in [-0.1, -0.05) is 12.1 Å². The van der Waals surface area contributed by atoms with Crippen LogP contribution in [0.15, 0.2) is 24.3 Å².